The zero-order valence-corrected chi connectivity index (χ0v) is 9.81. The van der Waals surface area contributed by atoms with Gasteiger partial charge in [-0.15, -0.1) is 0 Å². The lowest BCUT2D eigenvalue weighted by Crippen LogP contribution is -2.38. The van der Waals surface area contributed by atoms with E-state index >= 15 is 0 Å². The molecular weight excluding hydrogens is 220 g/mol. The van der Waals surface area contributed by atoms with Crippen molar-refractivity contribution < 1.29 is 15.0 Å². The molecule has 5 heteroatoms. The van der Waals surface area contributed by atoms with Crippen LogP contribution in [-0.2, 0) is 13.5 Å². The number of aliphatic hydroxyl groups is 1. The Morgan fingerprint density at radius 3 is 2.76 bits per heavy atom. The van der Waals surface area contributed by atoms with E-state index in [2.05, 4.69) is 5.10 Å². The SMILES string of the molecule is Cn1nc(C(=O)O)c2c1CC1(CCC1)CC2O. The van der Waals surface area contributed by atoms with Gasteiger partial charge in [-0.2, -0.15) is 5.10 Å². The van der Waals surface area contributed by atoms with E-state index in [-0.39, 0.29) is 11.1 Å². The van der Waals surface area contributed by atoms with E-state index in [4.69, 9.17) is 5.11 Å². The van der Waals surface area contributed by atoms with Crippen LogP contribution in [0.5, 0.6) is 0 Å². The first-order valence-electron chi connectivity index (χ1n) is 6.00. The van der Waals surface area contributed by atoms with Gasteiger partial charge in [0.2, 0.25) is 0 Å². The minimum atomic E-state index is -1.05. The third kappa shape index (κ3) is 1.42. The molecule has 0 amide bonds. The average Bonchev–Trinajstić information content (AvgIpc) is 2.54. The van der Waals surface area contributed by atoms with Crippen molar-refractivity contribution >= 4 is 5.97 Å². The predicted molar refractivity (Wildman–Crippen MR) is 59.7 cm³/mol. The molecule has 1 heterocycles. The number of hydrogen-bond donors (Lipinski definition) is 2. The Balaban J connectivity index is 2.08. The first-order valence-corrected chi connectivity index (χ1v) is 6.00. The Labute approximate surface area is 99.1 Å². The number of carbonyl (C=O) groups is 1. The number of carboxylic acid groups (broad SMARTS) is 1. The second-order valence-corrected chi connectivity index (χ2v) is 5.39. The lowest BCUT2D eigenvalue weighted by Gasteiger charge is -2.46. The van der Waals surface area contributed by atoms with Crippen molar-refractivity contribution in [2.75, 3.05) is 0 Å². The molecule has 1 spiro atoms. The Kier molecular flexibility index (Phi) is 2.10. The predicted octanol–water partition coefficient (Wildman–Crippen LogP) is 1.27. The van der Waals surface area contributed by atoms with Gasteiger partial charge in [0.05, 0.1) is 6.10 Å². The highest BCUT2D eigenvalue weighted by Crippen LogP contribution is 2.53. The van der Waals surface area contributed by atoms with E-state index in [1.807, 2.05) is 0 Å². The summed E-state index contributed by atoms with van der Waals surface area (Å²) >= 11 is 0. The van der Waals surface area contributed by atoms with Crippen LogP contribution in [0.25, 0.3) is 0 Å². The molecule has 2 N–H and O–H groups in total. The Hall–Kier alpha value is -1.36. The molecule has 0 saturated heterocycles. The molecule has 0 radical (unpaired) electrons. The van der Waals surface area contributed by atoms with Crippen molar-refractivity contribution in [1.82, 2.24) is 9.78 Å². The van der Waals surface area contributed by atoms with Crippen molar-refractivity contribution in [3.63, 3.8) is 0 Å². The monoisotopic (exact) mass is 236 g/mol. The van der Waals surface area contributed by atoms with Crippen molar-refractivity contribution in [3.8, 4) is 0 Å². The Bertz CT molecular complexity index is 488. The van der Waals surface area contributed by atoms with Gasteiger partial charge >= 0.3 is 5.97 Å². The maximum Gasteiger partial charge on any atom is 0.356 e. The molecule has 1 saturated carbocycles. The van der Waals surface area contributed by atoms with Crippen LogP contribution in [0.3, 0.4) is 0 Å². The van der Waals surface area contributed by atoms with E-state index < -0.39 is 12.1 Å². The van der Waals surface area contributed by atoms with Gasteiger partial charge in [-0.05, 0) is 31.1 Å². The molecule has 92 valence electrons. The van der Waals surface area contributed by atoms with Gasteiger partial charge in [0, 0.05) is 18.3 Å². The fourth-order valence-electron chi connectivity index (χ4n) is 3.29. The number of aryl methyl sites for hydroxylation is 1. The highest BCUT2D eigenvalue weighted by Gasteiger charge is 2.45. The van der Waals surface area contributed by atoms with Gasteiger partial charge in [-0.1, -0.05) is 6.42 Å². The summed E-state index contributed by atoms with van der Waals surface area (Å²) in [6.07, 6.45) is 4.36. The van der Waals surface area contributed by atoms with Crippen molar-refractivity contribution in [2.24, 2.45) is 12.5 Å². The van der Waals surface area contributed by atoms with Crippen LogP contribution in [0.2, 0.25) is 0 Å². The minimum Gasteiger partial charge on any atom is -0.476 e. The normalized spacial score (nSPS) is 25.4. The molecule has 1 unspecified atom stereocenters. The van der Waals surface area contributed by atoms with Gasteiger partial charge in [-0.3, -0.25) is 4.68 Å². The zero-order chi connectivity index (χ0) is 12.2. The second kappa shape index (κ2) is 3.32. The lowest BCUT2D eigenvalue weighted by molar-refractivity contribution is 0.0232. The molecular formula is C12H16N2O3. The van der Waals surface area contributed by atoms with E-state index in [0.717, 1.165) is 25.0 Å². The van der Waals surface area contributed by atoms with E-state index in [1.54, 1.807) is 11.7 Å². The first-order chi connectivity index (χ1) is 8.02. The fraction of sp³-hybridized carbons (Fsp3) is 0.667. The van der Waals surface area contributed by atoms with E-state index in [1.165, 1.54) is 6.42 Å². The molecule has 17 heavy (non-hydrogen) atoms. The first kappa shape index (κ1) is 10.8. The van der Waals surface area contributed by atoms with Crippen LogP contribution in [-0.4, -0.2) is 26.0 Å². The summed E-state index contributed by atoms with van der Waals surface area (Å²) in [6.45, 7) is 0. The fourth-order valence-corrected chi connectivity index (χ4v) is 3.29. The van der Waals surface area contributed by atoms with Crippen LogP contribution in [0.1, 0.15) is 53.5 Å². The summed E-state index contributed by atoms with van der Waals surface area (Å²) in [5.74, 6) is -1.05. The molecule has 5 nitrogen and oxygen atoms in total. The van der Waals surface area contributed by atoms with Crippen LogP contribution in [0.4, 0.5) is 0 Å². The Morgan fingerprint density at radius 1 is 1.53 bits per heavy atom. The number of aromatic nitrogens is 2. The second-order valence-electron chi connectivity index (χ2n) is 5.39. The summed E-state index contributed by atoms with van der Waals surface area (Å²) in [6, 6.07) is 0. The minimum absolute atomic E-state index is 0.0178. The third-order valence-electron chi connectivity index (χ3n) is 4.33. The van der Waals surface area contributed by atoms with Crippen molar-refractivity contribution in [1.29, 1.82) is 0 Å². The van der Waals surface area contributed by atoms with Gasteiger partial charge < -0.3 is 10.2 Å². The third-order valence-corrected chi connectivity index (χ3v) is 4.33. The number of aromatic carboxylic acids is 1. The number of nitrogens with zero attached hydrogens (tertiary/aromatic N) is 2. The molecule has 3 rings (SSSR count). The number of aliphatic hydroxyl groups excluding tert-OH is 1. The summed E-state index contributed by atoms with van der Waals surface area (Å²) in [7, 11) is 1.76. The largest absolute Gasteiger partial charge is 0.476 e. The molecule has 1 fully saturated rings. The Morgan fingerprint density at radius 2 is 2.24 bits per heavy atom. The van der Waals surface area contributed by atoms with E-state index in [9.17, 15) is 9.90 Å². The summed E-state index contributed by atoms with van der Waals surface area (Å²) in [5, 5.41) is 23.3. The van der Waals surface area contributed by atoms with Crippen LogP contribution in [0, 0.1) is 5.41 Å². The molecule has 0 bridgehead atoms. The van der Waals surface area contributed by atoms with E-state index in [0.29, 0.717) is 12.0 Å². The lowest BCUT2D eigenvalue weighted by atomic mass is 9.60. The van der Waals surface area contributed by atoms with Crippen LogP contribution in [0.15, 0.2) is 0 Å². The van der Waals surface area contributed by atoms with Crippen LogP contribution < -0.4 is 0 Å². The van der Waals surface area contributed by atoms with Gasteiger partial charge in [0.15, 0.2) is 5.69 Å². The molecule has 2 aliphatic rings. The number of hydrogen-bond acceptors (Lipinski definition) is 3. The smallest absolute Gasteiger partial charge is 0.356 e. The zero-order valence-electron chi connectivity index (χ0n) is 9.81. The van der Waals surface area contributed by atoms with Gasteiger partial charge in [0.25, 0.3) is 0 Å². The number of carboxylic acids is 1. The maximum atomic E-state index is 11.1. The number of fused-ring (bicyclic) bond motifs is 1. The molecule has 0 aliphatic heterocycles. The molecule has 1 atom stereocenters. The topological polar surface area (TPSA) is 75.4 Å². The number of rotatable bonds is 1. The molecule has 1 aromatic heterocycles. The standard InChI is InChI=1S/C12H16N2O3/c1-14-7-5-12(3-2-4-12)6-8(15)9(7)10(13-14)11(16)17/h8,15H,2-6H2,1H3,(H,16,17). The molecule has 0 aromatic carbocycles. The quantitative estimate of drug-likeness (QED) is 0.770. The van der Waals surface area contributed by atoms with Crippen LogP contribution >= 0.6 is 0 Å². The van der Waals surface area contributed by atoms with Gasteiger partial charge in [0.1, 0.15) is 0 Å². The average molecular weight is 236 g/mol. The summed E-state index contributed by atoms with van der Waals surface area (Å²) < 4.78 is 1.63. The van der Waals surface area contributed by atoms with Crippen molar-refractivity contribution in [2.45, 2.75) is 38.2 Å². The molecule has 2 aliphatic carbocycles. The molecule has 1 aromatic rings. The summed E-state index contributed by atoms with van der Waals surface area (Å²) in [4.78, 5) is 11.1. The highest BCUT2D eigenvalue weighted by atomic mass is 16.4. The van der Waals surface area contributed by atoms with Crippen molar-refractivity contribution in [3.05, 3.63) is 17.0 Å². The van der Waals surface area contributed by atoms with Gasteiger partial charge in [-0.25, -0.2) is 4.79 Å². The highest BCUT2D eigenvalue weighted by molar-refractivity contribution is 5.87. The maximum absolute atomic E-state index is 11.1. The summed E-state index contributed by atoms with van der Waals surface area (Å²) in [5.41, 5.74) is 1.67.